The Labute approximate surface area is 193 Å². The maximum atomic E-state index is 13.1. The van der Waals surface area contributed by atoms with E-state index in [9.17, 15) is 22.8 Å². The molecule has 4 rings (SSSR count). The first-order valence-electron chi connectivity index (χ1n) is 10.9. The van der Waals surface area contributed by atoms with Crippen molar-refractivity contribution >= 4 is 23.3 Å². The summed E-state index contributed by atoms with van der Waals surface area (Å²) in [5, 5.41) is 16.4. The van der Waals surface area contributed by atoms with Crippen LogP contribution in [0.15, 0.2) is 42.5 Å². The van der Waals surface area contributed by atoms with Crippen molar-refractivity contribution in [1.82, 2.24) is 30.4 Å². The Balaban J connectivity index is 1.22. The fourth-order valence-corrected chi connectivity index (χ4v) is 3.87. The predicted octanol–water partition coefficient (Wildman–Crippen LogP) is 1.83. The number of hydrogen-bond acceptors (Lipinski definition) is 6. The summed E-state index contributed by atoms with van der Waals surface area (Å²) >= 11 is 0. The number of alkyl halides is 3. The highest BCUT2D eigenvalue weighted by atomic mass is 19.4. The minimum Gasteiger partial charge on any atom is -0.355 e. The van der Waals surface area contributed by atoms with Gasteiger partial charge >= 0.3 is 6.18 Å². The number of anilines is 1. The molecular formula is C22H24F3N7O2. The monoisotopic (exact) mass is 475 g/mol. The summed E-state index contributed by atoms with van der Waals surface area (Å²) < 4.78 is 40.0. The molecule has 34 heavy (non-hydrogen) atoms. The maximum Gasteiger partial charge on any atom is 0.453 e. The molecule has 9 nitrogen and oxygen atoms in total. The lowest BCUT2D eigenvalue weighted by molar-refractivity contribution is -0.146. The van der Waals surface area contributed by atoms with Crippen LogP contribution in [0.3, 0.4) is 0 Å². The predicted molar refractivity (Wildman–Crippen MR) is 117 cm³/mol. The van der Waals surface area contributed by atoms with Crippen LogP contribution in [-0.2, 0) is 22.2 Å². The molecule has 0 bridgehead atoms. The zero-order valence-electron chi connectivity index (χ0n) is 18.3. The SMILES string of the molecule is O=C(Cc1ccccc1)NCCNC(=O)C1CCN(c2ccc3nnc(C(F)(F)F)n3n2)CC1. The number of piperidine rings is 1. The Morgan fingerprint density at radius 1 is 0.971 bits per heavy atom. The third-order valence-corrected chi connectivity index (χ3v) is 5.65. The molecule has 1 aliphatic rings. The normalized spacial score (nSPS) is 14.9. The fraction of sp³-hybridized carbons (Fsp3) is 0.409. The van der Waals surface area contributed by atoms with E-state index in [0.29, 0.717) is 49.4 Å². The molecule has 0 saturated carbocycles. The molecular weight excluding hydrogens is 451 g/mol. The molecule has 0 aliphatic carbocycles. The number of rotatable bonds is 7. The van der Waals surface area contributed by atoms with Gasteiger partial charge in [0, 0.05) is 32.1 Å². The van der Waals surface area contributed by atoms with Gasteiger partial charge in [0.15, 0.2) is 5.65 Å². The first kappa shape index (κ1) is 23.5. The molecule has 3 heterocycles. The van der Waals surface area contributed by atoms with Gasteiger partial charge in [-0.1, -0.05) is 30.3 Å². The molecule has 0 spiro atoms. The van der Waals surface area contributed by atoms with Crippen LogP contribution in [0.25, 0.3) is 5.65 Å². The van der Waals surface area contributed by atoms with Crippen LogP contribution < -0.4 is 15.5 Å². The molecule has 0 radical (unpaired) electrons. The standard InChI is InChI=1S/C22H24F3N7O2/c23-22(24,25)21-29-28-17-6-7-18(30-32(17)21)31-12-8-16(9-13-31)20(34)27-11-10-26-19(33)14-15-4-2-1-3-5-15/h1-7,16H,8-14H2,(H,26,33)(H,27,34). The second-order valence-corrected chi connectivity index (χ2v) is 8.05. The van der Waals surface area contributed by atoms with E-state index < -0.39 is 12.0 Å². The van der Waals surface area contributed by atoms with Crippen LogP contribution >= 0.6 is 0 Å². The second kappa shape index (κ2) is 10.1. The van der Waals surface area contributed by atoms with E-state index in [-0.39, 0.29) is 29.8 Å². The van der Waals surface area contributed by atoms with Gasteiger partial charge in [-0.25, -0.2) is 0 Å². The third-order valence-electron chi connectivity index (χ3n) is 5.65. The highest BCUT2D eigenvalue weighted by Crippen LogP contribution is 2.28. The van der Waals surface area contributed by atoms with Gasteiger partial charge in [-0.05, 0) is 30.5 Å². The summed E-state index contributed by atoms with van der Waals surface area (Å²) in [6.45, 7) is 1.62. The number of amides is 2. The zero-order valence-corrected chi connectivity index (χ0v) is 18.3. The number of nitrogens with zero attached hydrogens (tertiary/aromatic N) is 5. The van der Waals surface area contributed by atoms with Gasteiger partial charge in [0.2, 0.25) is 11.8 Å². The largest absolute Gasteiger partial charge is 0.453 e. The summed E-state index contributed by atoms with van der Waals surface area (Å²) in [7, 11) is 0. The van der Waals surface area contributed by atoms with Gasteiger partial charge in [-0.2, -0.15) is 17.7 Å². The van der Waals surface area contributed by atoms with Crippen LogP contribution in [0.1, 0.15) is 24.2 Å². The Morgan fingerprint density at radius 3 is 2.38 bits per heavy atom. The van der Waals surface area contributed by atoms with Gasteiger partial charge in [0.25, 0.3) is 5.82 Å². The fourth-order valence-electron chi connectivity index (χ4n) is 3.87. The van der Waals surface area contributed by atoms with E-state index >= 15 is 0 Å². The lowest BCUT2D eigenvalue weighted by Gasteiger charge is -2.32. The number of hydrogen-bond donors (Lipinski definition) is 2. The summed E-state index contributed by atoms with van der Waals surface area (Å²) in [5.41, 5.74) is 0.935. The van der Waals surface area contributed by atoms with Crippen LogP contribution in [0.2, 0.25) is 0 Å². The topological polar surface area (TPSA) is 105 Å². The highest BCUT2D eigenvalue weighted by Gasteiger charge is 2.38. The first-order chi connectivity index (χ1) is 16.3. The quantitative estimate of drug-likeness (QED) is 0.506. The zero-order chi connectivity index (χ0) is 24.1. The molecule has 1 aliphatic heterocycles. The number of benzene rings is 1. The average Bonchev–Trinajstić information content (AvgIpc) is 3.26. The minimum absolute atomic E-state index is 0.0150. The van der Waals surface area contributed by atoms with Crippen molar-refractivity contribution in [3.8, 4) is 0 Å². The van der Waals surface area contributed by atoms with Gasteiger partial charge in [0.1, 0.15) is 5.82 Å². The van der Waals surface area contributed by atoms with Crippen LogP contribution in [-0.4, -0.2) is 57.8 Å². The smallest absolute Gasteiger partial charge is 0.355 e. The summed E-state index contributed by atoms with van der Waals surface area (Å²) in [6.07, 6.45) is -3.29. The van der Waals surface area contributed by atoms with Crippen LogP contribution in [0, 0.1) is 5.92 Å². The second-order valence-electron chi connectivity index (χ2n) is 8.05. The van der Waals surface area contributed by atoms with Gasteiger partial charge in [0.05, 0.1) is 6.42 Å². The van der Waals surface area contributed by atoms with Crippen molar-refractivity contribution in [2.45, 2.75) is 25.4 Å². The third kappa shape index (κ3) is 5.61. The Hall–Kier alpha value is -3.70. The summed E-state index contributed by atoms with van der Waals surface area (Å²) in [4.78, 5) is 26.3. The molecule has 12 heteroatoms. The lowest BCUT2D eigenvalue weighted by Crippen LogP contribution is -2.43. The van der Waals surface area contributed by atoms with Crippen molar-refractivity contribution < 1.29 is 22.8 Å². The van der Waals surface area contributed by atoms with E-state index in [2.05, 4.69) is 25.9 Å². The van der Waals surface area contributed by atoms with Crippen molar-refractivity contribution in [2.24, 2.45) is 5.92 Å². The Kier molecular flexibility index (Phi) is 6.94. The molecule has 1 fully saturated rings. The highest BCUT2D eigenvalue weighted by molar-refractivity contribution is 5.80. The van der Waals surface area contributed by atoms with Crippen molar-refractivity contribution in [3.05, 3.63) is 53.9 Å². The van der Waals surface area contributed by atoms with Gasteiger partial charge < -0.3 is 15.5 Å². The minimum atomic E-state index is -4.66. The molecule has 0 atom stereocenters. The van der Waals surface area contributed by atoms with E-state index in [1.54, 1.807) is 6.07 Å². The molecule has 3 aromatic rings. The van der Waals surface area contributed by atoms with Crippen molar-refractivity contribution in [3.63, 3.8) is 0 Å². The molecule has 2 N–H and O–H groups in total. The lowest BCUT2D eigenvalue weighted by atomic mass is 9.96. The first-order valence-corrected chi connectivity index (χ1v) is 10.9. The molecule has 1 aromatic carbocycles. The number of carbonyl (C=O) groups is 2. The maximum absolute atomic E-state index is 13.1. The summed E-state index contributed by atoms with van der Waals surface area (Å²) in [6, 6.07) is 12.4. The van der Waals surface area contributed by atoms with Gasteiger partial charge in [-0.15, -0.1) is 15.3 Å². The van der Waals surface area contributed by atoms with Crippen LogP contribution in [0.4, 0.5) is 19.0 Å². The van der Waals surface area contributed by atoms with Crippen LogP contribution in [0.5, 0.6) is 0 Å². The molecule has 0 unspecified atom stereocenters. The number of halogens is 3. The van der Waals surface area contributed by atoms with E-state index in [1.165, 1.54) is 6.07 Å². The Morgan fingerprint density at radius 2 is 1.68 bits per heavy atom. The van der Waals surface area contributed by atoms with Crippen molar-refractivity contribution in [1.29, 1.82) is 0 Å². The van der Waals surface area contributed by atoms with E-state index in [0.717, 1.165) is 5.56 Å². The molecule has 180 valence electrons. The molecule has 1 saturated heterocycles. The molecule has 2 amide bonds. The number of aromatic nitrogens is 4. The average molecular weight is 475 g/mol. The number of carbonyl (C=O) groups excluding carboxylic acids is 2. The molecule has 2 aromatic heterocycles. The summed E-state index contributed by atoms with van der Waals surface area (Å²) in [5.74, 6) is -1.22. The number of nitrogens with one attached hydrogen (secondary N) is 2. The number of fused-ring (bicyclic) bond motifs is 1. The van der Waals surface area contributed by atoms with E-state index in [4.69, 9.17) is 0 Å². The Bertz CT molecular complexity index is 1140. The van der Waals surface area contributed by atoms with E-state index in [1.807, 2.05) is 35.2 Å². The van der Waals surface area contributed by atoms with Gasteiger partial charge in [-0.3, -0.25) is 9.59 Å². The van der Waals surface area contributed by atoms with Crippen molar-refractivity contribution in [2.75, 3.05) is 31.1 Å².